The lowest BCUT2D eigenvalue weighted by molar-refractivity contribution is 0.476. The summed E-state index contributed by atoms with van der Waals surface area (Å²) < 4.78 is 12.2. The quantitative estimate of drug-likeness (QED) is 0.585. The van der Waals surface area contributed by atoms with Crippen LogP contribution in [0.2, 0.25) is 0 Å². The van der Waals surface area contributed by atoms with Crippen molar-refractivity contribution in [3.05, 3.63) is 42.5 Å². The summed E-state index contributed by atoms with van der Waals surface area (Å²) in [7, 11) is -1.22. The standard InChI is InChI=1S/C12H9NO2S/c14-9-5-3-7-11-12(9)13-8-4-1-2-6-10(8)16(11)15/h1-7,13-14H. The molecule has 1 heterocycles. The summed E-state index contributed by atoms with van der Waals surface area (Å²) in [4.78, 5) is 1.37. The fourth-order valence-corrected chi connectivity index (χ4v) is 3.09. The van der Waals surface area contributed by atoms with Crippen LogP contribution in [0.25, 0.3) is 0 Å². The molecule has 0 saturated heterocycles. The summed E-state index contributed by atoms with van der Waals surface area (Å²) in [5, 5.41) is 12.8. The van der Waals surface area contributed by atoms with Crippen molar-refractivity contribution < 1.29 is 9.32 Å². The number of phenols is 1. The van der Waals surface area contributed by atoms with E-state index in [-0.39, 0.29) is 5.75 Å². The Morgan fingerprint density at radius 2 is 1.75 bits per heavy atom. The first-order valence-corrected chi connectivity index (χ1v) is 6.02. The van der Waals surface area contributed by atoms with Gasteiger partial charge < -0.3 is 10.4 Å². The number of benzene rings is 2. The third kappa shape index (κ3) is 1.23. The van der Waals surface area contributed by atoms with Crippen molar-refractivity contribution in [3.8, 4) is 5.75 Å². The van der Waals surface area contributed by atoms with Crippen LogP contribution in [0.3, 0.4) is 0 Å². The van der Waals surface area contributed by atoms with Crippen LogP contribution in [0.5, 0.6) is 5.75 Å². The second kappa shape index (κ2) is 3.35. The molecule has 1 aliphatic rings. The van der Waals surface area contributed by atoms with Crippen LogP contribution >= 0.6 is 0 Å². The fourth-order valence-electron chi connectivity index (χ4n) is 1.78. The summed E-state index contributed by atoms with van der Waals surface area (Å²) in [6, 6.07) is 12.4. The number of hydrogen-bond donors (Lipinski definition) is 2. The van der Waals surface area contributed by atoms with Crippen LogP contribution in [0, 0.1) is 0 Å². The monoisotopic (exact) mass is 231 g/mol. The Hall–Kier alpha value is -1.81. The first kappa shape index (κ1) is 9.42. The third-order valence-corrected chi connectivity index (χ3v) is 4.05. The lowest BCUT2D eigenvalue weighted by Gasteiger charge is -2.21. The lowest BCUT2D eigenvalue weighted by atomic mass is 10.2. The summed E-state index contributed by atoms with van der Waals surface area (Å²) in [6.07, 6.45) is 0. The van der Waals surface area contributed by atoms with Crippen molar-refractivity contribution in [1.82, 2.24) is 0 Å². The molecule has 0 aliphatic carbocycles. The van der Waals surface area contributed by atoms with Crippen molar-refractivity contribution in [3.63, 3.8) is 0 Å². The summed E-state index contributed by atoms with van der Waals surface area (Å²) in [6.45, 7) is 0. The average Bonchev–Trinajstić information content (AvgIpc) is 2.31. The van der Waals surface area contributed by atoms with Crippen molar-refractivity contribution in [2.45, 2.75) is 9.79 Å². The molecule has 2 aromatic carbocycles. The van der Waals surface area contributed by atoms with Crippen molar-refractivity contribution in [1.29, 1.82) is 0 Å². The molecule has 0 aromatic heterocycles. The van der Waals surface area contributed by atoms with Gasteiger partial charge in [-0.2, -0.15) is 0 Å². The number of nitrogens with one attached hydrogen (secondary N) is 1. The maximum Gasteiger partial charge on any atom is 0.140 e. The van der Waals surface area contributed by atoms with Gasteiger partial charge in [0.2, 0.25) is 0 Å². The molecule has 16 heavy (non-hydrogen) atoms. The number of para-hydroxylation sites is 2. The van der Waals surface area contributed by atoms with E-state index in [1.54, 1.807) is 18.2 Å². The number of aromatic hydroxyl groups is 1. The lowest BCUT2D eigenvalue weighted by Crippen LogP contribution is -2.08. The molecule has 0 amide bonds. The molecule has 2 N–H and O–H groups in total. The van der Waals surface area contributed by atoms with Crippen LogP contribution in [0.1, 0.15) is 0 Å². The van der Waals surface area contributed by atoms with E-state index in [2.05, 4.69) is 5.32 Å². The number of anilines is 2. The molecule has 1 unspecified atom stereocenters. The highest BCUT2D eigenvalue weighted by Gasteiger charge is 2.23. The topological polar surface area (TPSA) is 49.3 Å². The predicted molar refractivity (Wildman–Crippen MR) is 62.5 cm³/mol. The number of hydrogen-bond acceptors (Lipinski definition) is 3. The van der Waals surface area contributed by atoms with E-state index in [0.717, 1.165) is 10.6 Å². The molecule has 0 fully saturated rings. The first-order chi connectivity index (χ1) is 7.77. The van der Waals surface area contributed by atoms with E-state index in [0.29, 0.717) is 10.6 Å². The smallest absolute Gasteiger partial charge is 0.140 e. The van der Waals surface area contributed by atoms with E-state index >= 15 is 0 Å². The molecule has 4 heteroatoms. The minimum Gasteiger partial charge on any atom is -0.506 e. The van der Waals surface area contributed by atoms with E-state index in [9.17, 15) is 9.32 Å². The Morgan fingerprint density at radius 1 is 1.00 bits per heavy atom. The highest BCUT2D eigenvalue weighted by Crippen LogP contribution is 2.40. The van der Waals surface area contributed by atoms with Gasteiger partial charge in [0.15, 0.2) is 0 Å². The molecule has 3 rings (SSSR count). The Balaban J connectivity index is 2.26. The van der Waals surface area contributed by atoms with Gasteiger partial charge in [0.05, 0.1) is 32.0 Å². The molecule has 3 nitrogen and oxygen atoms in total. The minimum atomic E-state index is -1.22. The molecule has 0 radical (unpaired) electrons. The van der Waals surface area contributed by atoms with Crippen LogP contribution in [-0.4, -0.2) is 9.32 Å². The van der Waals surface area contributed by atoms with Crippen LogP contribution in [-0.2, 0) is 10.8 Å². The Bertz CT molecular complexity index is 595. The Labute approximate surface area is 95.2 Å². The van der Waals surface area contributed by atoms with E-state index in [4.69, 9.17) is 0 Å². The molecule has 2 aromatic rings. The van der Waals surface area contributed by atoms with Gasteiger partial charge >= 0.3 is 0 Å². The predicted octanol–water partition coefficient (Wildman–Crippen LogP) is 2.62. The van der Waals surface area contributed by atoms with Crippen molar-refractivity contribution in [2.75, 3.05) is 5.32 Å². The third-order valence-electron chi connectivity index (χ3n) is 2.55. The van der Waals surface area contributed by atoms with Gasteiger partial charge in [0.1, 0.15) is 5.75 Å². The van der Waals surface area contributed by atoms with Gasteiger partial charge in [0, 0.05) is 0 Å². The second-order valence-electron chi connectivity index (χ2n) is 3.54. The van der Waals surface area contributed by atoms with E-state index in [1.807, 2.05) is 24.3 Å². The van der Waals surface area contributed by atoms with Gasteiger partial charge in [-0.15, -0.1) is 0 Å². The Kier molecular flexibility index (Phi) is 1.97. The summed E-state index contributed by atoms with van der Waals surface area (Å²) >= 11 is 0. The normalized spacial score (nSPS) is 17.1. The Morgan fingerprint density at radius 3 is 2.62 bits per heavy atom. The molecule has 1 atom stereocenters. The summed E-state index contributed by atoms with van der Waals surface area (Å²) in [5.74, 6) is 0.125. The fraction of sp³-hybridized carbons (Fsp3) is 0. The molecular formula is C12H9NO2S. The molecule has 80 valence electrons. The van der Waals surface area contributed by atoms with E-state index < -0.39 is 10.8 Å². The SMILES string of the molecule is O=S1c2ccccc2Nc2c(O)cccc21. The average molecular weight is 231 g/mol. The first-order valence-electron chi connectivity index (χ1n) is 4.87. The molecule has 0 bridgehead atoms. The maximum atomic E-state index is 12.2. The molecule has 1 aliphatic heterocycles. The highest BCUT2D eigenvalue weighted by molar-refractivity contribution is 7.85. The van der Waals surface area contributed by atoms with Crippen LogP contribution < -0.4 is 5.32 Å². The van der Waals surface area contributed by atoms with Crippen LogP contribution in [0.4, 0.5) is 11.4 Å². The zero-order valence-electron chi connectivity index (χ0n) is 8.31. The van der Waals surface area contributed by atoms with Gasteiger partial charge in [-0.25, -0.2) is 4.21 Å². The van der Waals surface area contributed by atoms with Gasteiger partial charge in [-0.05, 0) is 24.3 Å². The van der Waals surface area contributed by atoms with Gasteiger partial charge in [-0.3, -0.25) is 0 Å². The van der Waals surface area contributed by atoms with Crippen molar-refractivity contribution in [2.24, 2.45) is 0 Å². The zero-order valence-corrected chi connectivity index (χ0v) is 9.12. The van der Waals surface area contributed by atoms with E-state index in [1.165, 1.54) is 0 Å². The second-order valence-corrected chi connectivity index (χ2v) is 4.96. The van der Waals surface area contributed by atoms with Gasteiger partial charge in [-0.1, -0.05) is 18.2 Å². The minimum absolute atomic E-state index is 0.125. The highest BCUT2D eigenvalue weighted by atomic mass is 32.2. The number of rotatable bonds is 0. The zero-order chi connectivity index (χ0) is 11.1. The van der Waals surface area contributed by atoms with Crippen molar-refractivity contribution >= 4 is 22.2 Å². The molecular weight excluding hydrogens is 222 g/mol. The maximum absolute atomic E-state index is 12.2. The summed E-state index contributed by atoms with van der Waals surface area (Å²) in [5.41, 5.74) is 1.33. The molecule has 0 saturated carbocycles. The molecule has 0 spiro atoms. The van der Waals surface area contributed by atoms with Gasteiger partial charge in [0.25, 0.3) is 0 Å². The number of phenolic OH excluding ortho intramolecular Hbond substituents is 1. The van der Waals surface area contributed by atoms with Crippen LogP contribution in [0.15, 0.2) is 52.3 Å². The largest absolute Gasteiger partial charge is 0.506 e. The number of fused-ring (bicyclic) bond motifs is 2.